The van der Waals surface area contributed by atoms with Crippen molar-refractivity contribution in [2.24, 2.45) is 5.10 Å². The molecule has 12 nitrogen and oxygen atoms in total. The van der Waals surface area contributed by atoms with Crippen molar-refractivity contribution in [3.8, 4) is 11.5 Å². The van der Waals surface area contributed by atoms with E-state index in [1.165, 1.54) is 13.3 Å². The van der Waals surface area contributed by atoms with Gasteiger partial charge in [0.2, 0.25) is 5.75 Å². The third-order valence-corrected chi connectivity index (χ3v) is 4.01. The Hall–Kier alpha value is -4.48. The topological polar surface area (TPSA) is 162 Å². The van der Waals surface area contributed by atoms with Gasteiger partial charge in [0.25, 0.3) is 11.6 Å². The van der Waals surface area contributed by atoms with Crippen LogP contribution in [-0.4, -0.2) is 40.7 Å². The highest BCUT2D eigenvalue weighted by Gasteiger charge is 2.27. The van der Waals surface area contributed by atoms with Crippen LogP contribution in [0, 0.1) is 20.2 Å². The number of benzene rings is 2. The minimum Gasteiger partial charge on any atom is -0.492 e. The molecule has 0 fully saturated rings. The van der Waals surface area contributed by atoms with Crippen molar-refractivity contribution in [2.45, 2.75) is 0 Å². The van der Waals surface area contributed by atoms with Crippen molar-refractivity contribution >= 4 is 34.4 Å². The van der Waals surface area contributed by atoms with Crippen LogP contribution in [0.2, 0.25) is 0 Å². The second-order valence-electron chi connectivity index (χ2n) is 5.88. The molecule has 30 heavy (non-hydrogen) atoms. The van der Waals surface area contributed by atoms with Gasteiger partial charge >= 0.3 is 5.69 Å². The zero-order chi connectivity index (χ0) is 21.7. The van der Waals surface area contributed by atoms with E-state index in [9.17, 15) is 25.0 Å². The molecule has 0 spiro atoms. The van der Waals surface area contributed by atoms with Crippen LogP contribution in [-0.2, 0) is 4.79 Å². The third kappa shape index (κ3) is 4.32. The molecule has 0 radical (unpaired) electrons. The molecular formula is C18H15N5O7. The molecule has 1 aromatic heterocycles. The van der Waals surface area contributed by atoms with Crippen molar-refractivity contribution in [3.05, 3.63) is 68.4 Å². The van der Waals surface area contributed by atoms with Gasteiger partial charge in [-0.3, -0.25) is 25.0 Å². The van der Waals surface area contributed by atoms with Gasteiger partial charge in [0.15, 0.2) is 12.4 Å². The molecular weight excluding hydrogens is 398 g/mol. The number of hydrogen-bond donors (Lipinski definition) is 2. The highest BCUT2D eigenvalue weighted by Crippen LogP contribution is 2.40. The van der Waals surface area contributed by atoms with Crippen molar-refractivity contribution in [3.63, 3.8) is 0 Å². The largest absolute Gasteiger partial charge is 0.492 e. The van der Waals surface area contributed by atoms with Crippen LogP contribution in [0.15, 0.2) is 47.7 Å². The van der Waals surface area contributed by atoms with E-state index in [0.29, 0.717) is 0 Å². The van der Waals surface area contributed by atoms with Crippen molar-refractivity contribution in [1.29, 1.82) is 0 Å². The van der Waals surface area contributed by atoms with Gasteiger partial charge in [-0.15, -0.1) is 0 Å². The summed E-state index contributed by atoms with van der Waals surface area (Å²) in [6.45, 7) is -0.625. The number of amides is 1. The van der Waals surface area contributed by atoms with E-state index < -0.39 is 39.5 Å². The summed E-state index contributed by atoms with van der Waals surface area (Å²) in [7, 11) is 1.17. The number of methoxy groups -OCH3 is 1. The fraction of sp³-hybridized carbons (Fsp3) is 0.111. The molecule has 0 aliphatic carbocycles. The summed E-state index contributed by atoms with van der Waals surface area (Å²) in [6.07, 6.45) is 3.16. The Kier molecular flexibility index (Phi) is 5.86. The highest BCUT2D eigenvalue weighted by atomic mass is 16.6. The number of aromatic nitrogens is 1. The first kappa shape index (κ1) is 20.3. The molecule has 0 aliphatic rings. The smallest absolute Gasteiger partial charge is 0.321 e. The molecule has 154 valence electrons. The Morgan fingerprint density at radius 1 is 1.23 bits per heavy atom. The number of H-pyrrole nitrogens is 1. The molecule has 0 saturated carbocycles. The second kappa shape index (κ2) is 8.68. The van der Waals surface area contributed by atoms with Crippen LogP contribution < -0.4 is 14.9 Å². The van der Waals surface area contributed by atoms with E-state index in [4.69, 9.17) is 9.47 Å². The Bertz CT molecular complexity index is 1160. The highest BCUT2D eigenvalue weighted by molar-refractivity contribution is 5.99. The van der Waals surface area contributed by atoms with Crippen LogP contribution in [0.1, 0.15) is 5.56 Å². The Balaban J connectivity index is 1.69. The lowest BCUT2D eigenvalue weighted by molar-refractivity contribution is -0.394. The molecule has 0 bridgehead atoms. The maximum Gasteiger partial charge on any atom is 0.321 e. The van der Waals surface area contributed by atoms with Crippen LogP contribution in [0.25, 0.3) is 10.9 Å². The zero-order valence-electron chi connectivity index (χ0n) is 15.5. The van der Waals surface area contributed by atoms with E-state index in [1.54, 1.807) is 6.20 Å². The normalized spacial score (nSPS) is 10.8. The van der Waals surface area contributed by atoms with E-state index in [0.717, 1.165) is 28.6 Å². The molecule has 12 heteroatoms. The number of rotatable bonds is 8. The van der Waals surface area contributed by atoms with Crippen LogP contribution in [0.5, 0.6) is 11.5 Å². The number of nitrogens with zero attached hydrogens (tertiary/aromatic N) is 3. The number of hydrazone groups is 1. The summed E-state index contributed by atoms with van der Waals surface area (Å²) in [5.41, 5.74) is 2.66. The minimum atomic E-state index is -0.863. The Labute approximate surface area is 168 Å². The van der Waals surface area contributed by atoms with Crippen LogP contribution in [0.3, 0.4) is 0 Å². The van der Waals surface area contributed by atoms with E-state index in [-0.39, 0.29) is 5.75 Å². The van der Waals surface area contributed by atoms with E-state index in [2.05, 4.69) is 15.5 Å². The summed E-state index contributed by atoms with van der Waals surface area (Å²) in [4.78, 5) is 35.5. The zero-order valence-corrected chi connectivity index (χ0v) is 15.5. The van der Waals surface area contributed by atoms with Gasteiger partial charge in [-0.25, -0.2) is 5.43 Å². The van der Waals surface area contributed by atoms with Gasteiger partial charge in [-0.2, -0.15) is 5.10 Å². The van der Waals surface area contributed by atoms with E-state index >= 15 is 0 Å². The van der Waals surface area contributed by atoms with Crippen LogP contribution >= 0.6 is 0 Å². The van der Waals surface area contributed by atoms with Gasteiger partial charge in [0.05, 0.1) is 35.3 Å². The number of fused-ring (bicyclic) bond motifs is 1. The molecule has 2 N–H and O–H groups in total. The number of nitrogens with one attached hydrogen (secondary N) is 2. The lowest BCUT2D eigenvalue weighted by Crippen LogP contribution is -2.25. The van der Waals surface area contributed by atoms with Crippen molar-refractivity contribution in [2.75, 3.05) is 13.7 Å². The maximum atomic E-state index is 12.0. The predicted octanol–water partition coefficient (Wildman–Crippen LogP) is 2.52. The standard InChI is InChI=1S/C18H15N5O7/c1-29-16-7-12(22(25)26)6-15(23(27)28)18(16)30-10-17(24)21-20-9-11-8-19-14-5-3-2-4-13(11)14/h2-9,19H,10H2,1H3,(H,21,24)/b20-9+. The number of hydrogen-bond acceptors (Lipinski definition) is 8. The molecule has 0 atom stereocenters. The lowest BCUT2D eigenvalue weighted by atomic mass is 10.2. The number of ether oxygens (including phenoxy) is 2. The second-order valence-corrected chi connectivity index (χ2v) is 5.88. The molecule has 3 aromatic rings. The summed E-state index contributed by atoms with van der Waals surface area (Å²) < 4.78 is 10.1. The average Bonchev–Trinajstić information content (AvgIpc) is 3.14. The van der Waals surface area contributed by atoms with Crippen molar-refractivity contribution in [1.82, 2.24) is 10.4 Å². The van der Waals surface area contributed by atoms with Crippen molar-refractivity contribution < 1.29 is 24.1 Å². The lowest BCUT2D eigenvalue weighted by Gasteiger charge is -2.10. The molecule has 0 unspecified atom stereocenters. The predicted molar refractivity (Wildman–Crippen MR) is 106 cm³/mol. The summed E-state index contributed by atoms with van der Waals surface area (Å²) >= 11 is 0. The molecule has 0 saturated heterocycles. The number of carbonyl (C=O) groups excluding carboxylic acids is 1. The van der Waals surface area contributed by atoms with E-state index in [1.807, 2.05) is 24.3 Å². The number of carbonyl (C=O) groups is 1. The SMILES string of the molecule is COc1cc([N+](=O)[O-])cc([N+](=O)[O-])c1OCC(=O)N/N=C/c1c[nH]c2ccccc12. The van der Waals surface area contributed by atoms with Crippen LogP contribution in [0.4, 0.5) is 11.4 Å². The molecule has 0 aliphatic heterocycles. The molecule has 2 aromatic carbocycles. The Morgan fingerprint density at radius 2 is 2.00 bits per heavy atom. The fourth-order valence-electron chi connectivity index (χ4n) is 2.66. The molecule has 3 rings (SSSR count). The third-order valence-electron chi connectivity index (χ3n) is 4.01. The monoisotopic (exact) mass is 413 g/mol. The average molecular weight is 413 g/mol. The van der Waals surface area contributed by atoms with Gasteiger partial charge in [-0.1, -0.05) is 18.2 Å². The van der Waals surface area contributed by atoms with Gasteiger partial charge in [0.1, 0.15) is 0 Å². The Morgan fingerprint density at radius 3 is 2.70 bits per heavy atom. The first-order chi connectivity index (χ1) is 14.4. The molecule has 1 amide bonds. The quantitative estimate of drug-likeness (QED) is 0.325. The summed E-state index contributed by atoms with van der Waals surface area (Å²) in [5, 5.41) is 26.9. The summed E-state index contributed by atoms with van der Waals surface area (Å²) in [5.74, 6) is -1.34. The fourth-order valence-corrected chi connectivity index (χ4v) is 2.66. The number of nitro benzene ring substituents is 2. The van der Waals surface area contributed by atoms with Gasteiger partial charge in [0, 0.05) is 22.7 Å². The summed E-state index contributed by atoms with van der Waals surface area (Å²) in [6, 6.07) is 9.22. The van der Waals surface area contributed by atoms with Gasteiger partial charge in [-0.05, 0) is 6.07 Å². The first-order valence-electron chi connectivity index (χ1n) is 8.42. The minimum absolute atomic E-state index is 0.244. The maximum absolute atomic E-state index is 12.0. The number of nitro groups is 2. The number of para-hydroxylation sites is 1. The van der Waals surface area contributed by atoms with Gasteiger partial charge < -0.3 is 14.5 Å². The molecule has 1 heterocycles. The number of aromatic amines is 1. The first-order valence-corrected chi connectivity index (χ1v) is 8.42. The number of non-ortho nitro benzene ring substituents is 1.